The molecule has 0 aliphatic carbocycles. The van der Waals surface area contributed by atoms with Gasteiger partial charge in [0.2, 0.25) is 5.91 Å². The van der Waals surface area contributed by atoms with E-state index >= 15 is 0 Å². The lowest BCUT2D eigenvalue weighted by atomic mass is 9.89. The Kier molecular flexibility index (Phi) is 3.49. The number of ether oxygens (including phenoxy) is 1. The molecule has 2 aromatic rings. The van der Waals surface area contributed by atoms with Gasteiger partial charge in [-0.3, -0.25) is 4.79 Å². The molecule has 25 heavy (non-hydrogen) atoms. The average molecular weight is 338 g/mol. The van der Waals surface area contributed by atoms with Crippen LogP contribution in [0.1, 0.15) is 37.1 Å². The van der Waals surface area contributed by atoms with Crippen LogP contribution < -0.4 is 26.4 Å². The lowest BCUT2D eigenvalue weighted by Gasteiger charge is -2.17. The topological polar surface area (TPSA) is 88.4 Å². The minimum Gasteiger partial charge on any atom is -0.496 e. The molecule has 0 radical (unpaired) electrons. The summed E-state index contributed by atoms with van der Waals surface area (Å²) in [4.78, 5) is 12.2. The van der Waals surface area contributed by atoms with Gasteiger partial charge in [-0.15, -0.1) is 0 Å². The Hall–Kier alpha value is -2.89. The summed E-state index contributed by atoms with van der Waals surface area (Å²) in [5.41, 5.74) is 11.4. The van der Waals surface area contributed by atoms with Crippen molar-refractivity contribution in [1.82, 2.24) is 0 Å². The Morgan fingerprint density at radius 2 is 1.76 bits per heavy atom. The first-order chi connectivity index (χ1) is 12.0. The molecule has 2 aliphatic heterocycles. The van der Waals surface area contributed by atoms with Crippen molar-refractivity contribution in [2.24, 2.45) is 5.92 Å². The molecule has 2 unspecified atom stereocenters. The van der Waals surface area contributed by atoms with Crippen molar-refractivity contribution in [2.75, 3.05) is 28.8 Å². The smallest absolute Gasteiger partial charge is 0.232 e. The highest BCUT2D eigenvalue weighted by molar-refractivity contribution is 6.05. The highest BCUT2D eigenvalue weighted by atomic mass is 16.5. The minimum absolute atomic E-state index is 0.0745. The number of fused-ring (bicyclic) bond motifs is 2. The standard InChI is InChI=1S/C19H22N4O2/c1-9(2)17-12-7-14-15(8-13(12)23-19(17)24)22-18(21-14)11-5-4-10(20)6-16(11)25-3/h4-9,17-18,21-22H,20H2,1-3H3,(H,23,24). The number of hydrogen-bond acceptors (Lipinski definition) is 5. The lowest BCUT2D eigenvalue weighted by Crippen LogP contribution is -2.17. The molecule has 1 amide bonds. The van der Waals surface area contributed by atoms with E-state index in [4.69, 9.17) is 10.5 Å². The second kappa shape index (κ2) is 5.58. The van der Waals surface area contributed by atoms with Crippen molar-refractivity contribution < 1.29 is 9.53 Å². The van der Waals surface area contributed by atoms with E-state index in [0.29, 0.717) is 5.69 Å². The molecule has 5 N–H and O–H groups in total. The molecule has 0 fully saturated rings. The van der Waals surface area contributed by atoms with Gasteiger partial charge in [0.15, 0.2) is 0 Å². The fourth-order valence-corrected chi connectivity index (χ4v) is 3.70. The summed E-state index contributed by atoms with van der Waals surface area (Å²) in [6.07, 6.45) is -0.110. The Morgan fingerprint density at radius 3 is 2.44 bits per heavy atom. The third-order valence-corrected chi connectivity index (χ3v) is 4.90. The normalized spacial score (nSPS) is 20.6. The van der Waals surface area contributed by atoms with E-state index in [2.05, 4.69) is 35.9 Å². The van der Waals surface area contributed by atoms with Crippen molar-refractivity contribution >= 4 is 28.7 Å². The second-order valence-electron chi connectivity index (χ2n) is 6.92. The molecule has 6 heteroatoms. The maximum absolute atomic E-state index is 12.2. The first-order valence-corrected chi connectivity index (χ1v) is 8.43. The number of anilines is 4. The van der Waals surface area contributed by atoms with Crippen LogP contribution in [0.3, 0.4) is 0 Å². The van der Waals surface area contributed by atoms with Gasteiger partial charge >= 0.3 is 0 Å². The van der Waals surface area contributed by atoms with E-state index < -0.39 is 0 Å². The van der Waals surface area contributed by atoms with Gasteiger partial charge in [-0.25, -0.2) is 0 Å². The zero-order valence-electron chi connectivity index (χ0n) is 14.5. The van der Waals surface area contributed by atoms with Crippen LogP contribution in [0, 0.1) is 5.92 Å². The molecule has 0 bridgehead atoms. The van der Waals surface area contributed by atoms with E-state index in [1.807, 2.05) is 24.3 Å². The van der Waals surface area contributed by atoms with Crippen LogP contribution in [0.4, 0.5) is 22.7 Å². The van der Waals surface area contributed by atoms with Crippen molar-refractivity contribution in [2.45, 2.75) is 25.9 Å². The molecule has 0 saturated heterocycles. The zero-order chi connectivity index (χ0) is 17.7. The van der Waals surface area contributed by atoms with Gasteiger partial charge in [0.05, 0.1) is 24.4 Å². The van der Waals surface area contributed by atoms with Gasteiger partial charge in [-0.1, -0.05) is 13.8 Å². The summed E-state index contributed by atoms with van der Waals surface area (Å²) in [5.74, 6) is 0.956. The number of rotatable bonds is 3. The molecular weight excluding hydrogens is 316 g/mol. The fraction of sp³-hybridized carbons (Fsp3) is 0.316. The number of nitrogen functional groups attached to an aromatic ring is 1. The predicted octanol–water partition coefficient (Wildman–Crippen LogP) is 3.51. The highest BCUT2D eigenvalue weighted by Crippen LogP contribution is 2.46. The second-order valence-corrected chi connectivity index (χ2v) is 6.92. The molecule has 0 aromatic heterocycles. The monoisotopic (exact) mass is 338 g/mol. The molecule has 2 heterocycles. The largest absolute Gasteiger partial charge is 0.496 e. The van der Waals surface area contributed by atoms with Gasteiger partial charge in [0.25, 0.3) is 0 Å². The number of nitrogens with two attached hydrogens (primary N) is 1. The molecule has 0 spiro atoms. The van der Waals surface area contributed by atoms with E-state index in [0.717, 1.165) is 33.9 Å². The Bertz CT molecular complexity index is 863. The third kappa shape index (κ3) is 2.45. The van der Waals surface area contributed by atoms with Gasteiger partial charge in [0.1, 0.15) is 11.9 Å². The first-order valence-electron chi connectivity index (χ1n) is 8.43. The molecule has 0 saturated carbocycles. The number of carbonyl (C=O) groups excluding carboxylic acids is 1. The predicted molar refractivity (Wildman–Crippen MR) is 100 cm³/mol. The van der Waals surface area contributed by atoms with Crippen LogP contribution in [0.2, 0.25) is 0 Å². The molecule has 6 nitrogen and oxygen atoms in total. The fourth-order valence-electron chi connectivity index (χ4n) is 3.70. The van der Waals surface area contributed by atoms with Crippen LogP contribution in [-0.2, 0) is 4.79 Å². The number of carbonyl (C=O) groups is 1. The van der Waals surface area contributed by atoms with Gasteiger partial charge in [0, 0.05) is 23.0 Å². The van der Waals surface area contributed by atoms with Crippen LogP contribution >= 0.6 is 0 Å². The number of hydrogen-bond donors (Lipinski definition) is 4. The Labute approximate surface area is 146 Å². The Morgan fingerprint density at radius 1 is 1.04 bits per heavy atom. The van der Waals surface area contributed by atoms with Crippen molar-refractivity contribution in [3.8, 4) is 5.75 Å². The first kappa shape index (κ1) is 15.6. The summed E-state index contributed by atoms with van der Waals surface area (Å²) in [7, 11) is 1.64. The van der Waals surface area contributed by atoms with Crippen LogP contribution in [0.25, 0.3) is 0 Å². The van der Waals surface area contributed by atoms with Gasteiger partial charge in [-0.05, 0) is 35.7 Å². The van der Waals surface area contributed by atoms with Crippen LogP contribution in [-0.4, -0.2) is 13.0 Å². The summed E-state index contributed by atoms with van der Waals surface area (Å²) in [6.45, 7) is 4.14. The van der Waals surface area contributed by atoms with Gasteiger partial charge < -0.3 is 26.4 Å². The molecule has 2 aliphatic rings. The van der Waals surface area contributed by atoms with E-state index in [9.17, 15) is 4.79 Å². The van der Waals surface area contributed by atoms with Crippen molar-refractivity contribution in [3.05, 3.63) is 41.5 Å². The minimum atomic E-state index is -0.110. The number of nitrogens with one attached hydrogen (secondary N) is 3. The Balaban J connectivity index is 1.68. The summed E-state index contributed by atoms with van der Waals surface area (Å²) in [5, 5.41) is 9.92. The van der Waals surface area contributed by atoms with Crippen molar-refractivity contribution in [1.29, 1.82) is 0 Å². The maximum atomic E-state index is 12.2. The summed E-state index contributed by atoms with van der Waals surface area (Å²) >= 11 is 0. The number of amides is 1. The average Bonchev–Trinajstić information content (AvgIpc) is 3.11. The molecular formula is C19H22N4O2. The number of methoxy groups -OCH3 is 1. The summed E-state index contributed by atoms with van der Waals surface area (Å²) in [6, 6.07) is 9.71. The SMILES string of the molecule is COc1cc(N)ccc1C1Nc2cc3c(cc2N1)C(C(C)C)C(=O)N3. The molecule has 130 valence electrons. The molecule has 2 aromatic carbocycles. The van der Waals surface area contributed by atoms with E-state index in [1.165, 1.54) is 0 Å². The van der Waals surface area contributed by atoms with Crippen LogP contribution in [0.5, 0.6) is 5.75 Å². The van der Waals surface area contributed by atoms with Crippen molar-refractivity contribution in [3.63, 3.8) is 0 Å². The zero-order valence-corrected chi connectivity index (χ0v) is 14.5. The van der Waals surface area contributed by atoms with E-state index in [1.54, 1.807) is 7.11 Å². The lowest BCUT2D eigenvalue weighted by molar-refractivity contribution is -0.117. The van der Waals surface area contributed by atoms with Crippen LogP contribution in [0.15, 0.2) is 30.3 Å². The maximum Gasteiger partial charge on any atom is 0.232 e. The van der Waals surface area contributed by atoms with Gasteiger partial charge in [-0.2, -0.15) is 0 Å². The molecule has 2 atom stereocenters. The van der Waals surface area contributed by atoms with E-state index in [-0.39, 0.29) is 23.9 Å². The summed E-state index contributed by atoms with van der Waals surface area (Å²) < 4.78 is 5.46. The quantitative estimate of drug-likeness (QED) is 0.643. The number of benzene rings is 2. The highest BCUT2D eigenvalue weighted by Gasteiger charge is 2.35. The third-order valence-electron chi connectivity index (χ3n) is 4.90. The molecule has 4 rings (SSSR count).